The zero-order valence-corrected chi connectivity index (χ0v) is 8.84. The van der Waals surface area contributed by atoms with E-state index in [1.165, 1.54) is 0 Å². The molecule has 0 aliphatic carbocycles. The Bertz CT molecular complexity index is 255. The van der Waals surface area contributed by atoms with Crippen LogP contribution in [0.1, 0.15) is 0 Å². The fourth-order valence-electron chi connectivity index (χ4n) is 0.787. The van der Waals surface area contributed by atoms with Gasteiger partial charge in [0.2, 0.25) is 0 Å². The summed E-state index contributed by atoms with van der Waals surface area (Å²) in [6.45, 7) is -0.434. The standard InChI is InChI=1S/C4H11NO7P2/c6-2-1-5(3-13(7,8)9)4-14(10,11)12/h2H,1,3-4H2,(H2,7,8,9)(H2,10,11,12). The molecule has 0 saturated heterocycles. The lowest BCUT2D eigenvalue weighted by Crippen LogP contribution is -2.27. The summed E-state index contributed by atoms with van der Waals surface area (Å²) in [5.41, 5.74) is 0. The molecule has 8 nitrogen and oxygen atoms in total. The Morgan fingerprint density at radius 1 is 1.00 bits per heavy atom. The molecule has 0 unspecified atom stereocenters. The van der Waals surface area contributed by atoms with Crippen molar-refractivity contribution in [1.29, 1.82) is 0 Å². The van der Waals surface area contributed by atoms with Crippen LogP contribution in [0.2, 0.25) is 0 Å². The first-order valence-electron chi connectivity index (χ1n) is 3.39. The van der Waals surface area contributed by atoms with Gasteiger partial charge in [-0.3, -0.25) is 14.0 Å². The molecule has 0 radical (unpaired) electrons. The van der Waals surface area contributed by atoms with Crippen LogP contribution in [0.3, 0.4) is 0 Å². The molecule has 0 bridgehead atoms. The lowest BCUT2D eigenvalue weighted by molar-refractivity contribution is -0.108. The van der Waals surface area contributed by atoms with Crippen LogP contribution in [-0.4, -0.2) is 49.9 Å². The van der Waals surface area contributed by atoms with Crippen molar-refractivity contribution in [2.75, 3.05) is 19.1 Å². The maximum absolute atomic E-state index is 10.5. The molecule has 0 saturated carbocycles. The van der Waals surface area contributed by atoms with Crippen LogP contribution >= 0.6 is 15.2 Å². The van der Waals surface area contributed by atoms with E-state index in [1.54, 1.807) is 0 Å². The van der Waals surface area contributed by atoms with Gasteiger partial charge in [0.1, 0.15) is 18.9 Å². The van der Waals surface area contributed by atoms with Crippen LogP contribution in [0.15, 0.2) is 0 Å². The van der Waals surface area contributed by atoms with E-state index in [2.05, 4.69) is 0 Å². The highest BCUT2D eigenvalue weighted by Crippen LogP contribution is 2.40. The predicted octanol–water partition coefficient (Wildman–Crippen LogP) is -1.24. The largest absolute Gasteiger partial charge is 0.339 e. The van der Waals surface area contributed by atoms with Crippen LogP contribution in [-0.2, 0) is 13.9 Å². The molecular formula is C4H11NO7P2. The fraction of sp³-hybridized carbons (Fsp3) is 0.750. The van der Waals surface area contributed by atoms with Gasteiger partial charge in [0.25, 0.3) is 0 Å². The molecule has 0 fully saturated rings. The van der Waals surface area contributed by atoms with Crippen molar-refractivity contribution in [3.63, 3.8) is 0 Å². The van der Waals surface area contributed by atoms with Gasteiger partial charge in [-0.25, -0.2) is 0 Å². The van der Waals surface area contributed by atoms with Gasteiger partial charge in [0.05, 0.1) is 6.54 Å². The van der Waals surface area contributed by atoms with Gasteiger partial charge in [-0.2, -0.15) is 0 Å². The van der Waals surface area contributed by atoms with Crippen molar-refractivity contribution in [3.05, 3.63) is 0 Å². The first-order valence-corrected chi connectivity index (χ1v) is 6.99. The Kier molecular flexibility index (Phi) is 5.11. The third-order valence-corrected chi connectivity index (χ3v) is 2.64. The van der Waals surface area contributed by atoms with Crippen LogP contribution in [0, 0.1) is 0 Å². The highest BCUT2D eigenvalue weighted by atomic mass is 31.2. The molecule has 0 aromatic carbocycles. The summed E-state index contributed by atoms with van der Waals surface area (Å²) in [5.74, 6) is 0. The molecule has 4 N–H and O–H groups in total. The van der Waals surface area contributed by atoms with Crippen molar-refractivity contribution in [3.8, 4) is 0 Å². The molecule has 0 amide bonds. The molecule has 0 atom stereocenters. The highest BCUT2D eigenvalue weighted by Gasteiger charge is 2.25. The highest BCUT2D eigenvalue weighted by molar-refractivity contribution is 7.52. The van der Waals surface area contributed by atoms with Gasteiger partial charge in [-0.1, -0.05) is 0 Å². The summed E-state index contributed by atoms with van der Waals surface area (Å²) in [6.07, 6.45) is -1.39. The predicted molar refractivity (Wildman–Crippen MR) is 46.6 cm³/mol. The fourth-order valence-corrected chi connectivity index (χ4v) is 2.42. The van der Waals surface area contributed by atoms with E-state index in [0.29, 0.717) is 11.2 Å². The second-order valence-electron chi connectivity index (χ2n) is 2.63. The SMILES string of the molecule is O=CCN(CP(=O)(O)O)CP(=O)(O)O. The lowest BCUT2D eigenvalue weighted by Gasteiger charge is -2.20. The van der Waals surface area contributed by atoms with Crippen LogP contribution in [0.4, 0.5) is 0 Å². The molecule has 0 aliphatic heterocycles. The maximum atomic E-state index is 10.5. The van der Waals surface area contributed by atoms with Crippen molar-refractivity contribution in [2.24, 2.45) is 0 Å². The van der Waals surface area contributed by atoms with Crippen LogP contribution in [0.25, 0.3) is 0 Å². The summed E-state index contributed by atoms with van der Waals surface area (Å²) in [6, 6.07) is 0. The maximum Gasteiger partial charge on any atom is 0.339 e. The van der Waals surface area contributed by atoms with Gasteiger partial charge in [-0.05, 0) is 0 Å². The summed E-state index contributed by atoms with van der Waals surface area (Å²) in [4.78, 5) is 44.8. The van der Waals surface area contributed by atoms with Gasteiger partial charge < -0.3 is 24.4 Å². The number of carbonyl (C=O) groups is 1. The third kappa shape index (κ3) is 8.52. The monoisotopic (exact) mass is 247 g/mol. The van der Waals surface area contributed by atoms with E-state index in [1.807, 2.05) is 0 Å². The number of nitrogens with zero attached hydrogens (tertiary/aromatic N) is 1. The van der Waals surface area contributed by atoms with Crippen molar-refractivity contribution in [2.45, 2.75) is 0 Å². The molecule has 0 aliphatic rings. The zero-order valence-electron chi connectivity index (χ0n) is 7.05. The van der Waals surface area contributed by atoms with Gasteiger partial charge in [0.15, 0.2) is 0 Å². The van der Waals surface area contributed by atoms with Gasteiger partial charge in [0, 0.05) is 0 Å². The number of hydrogen-bond donors (Lipinski definition) is 4. The average Bonchev–Trinajstić information content (AvgIpc) is 1.78. The molecule has 14 heavy (non-hydrogen) atoms. The molecule has 10 heteroatoms. The van der Waals surface area contributed by atoms with E-state index in [9.17, 15) is 13.9 Å². The molecular weight excluding hydrogens is 236 g/mol. The lowest BCUT2D eigenvalue weighted by atomic mass is 10.7. The van der Waals surface area contributed by atoms with Crippen molar-refractivity contribution in [1.82, 2.24) is 4.90 Å². The summed E-state index contributed by atoms with van der Waals surface area (Å²) in [5, 5.41) is 0. The second-order valence-corrected chi connectivity index (χ2v) is 5.86. The second kappa shape index (κ2) is 5.14. The number of aldehydes is 1. The normalized spacial score (nSPS) is 13.2. The molecule has 0 rings (SSSR count). The summed E-state index contributed by atoms with van der Waals surface area (Å²) >= 11 is 0. The van der Waals surface area contributed by atoms with Crippen molar-refractivity contribution >= 4 is 21.5 Å². The first-order chi connectivity index (χ1) is 6.14. The topological polar surface area (TPSA) is 135 Å². The molecule has 84 valence electrons. The first kappa shape index (κ1) is 13.9. The third-order valence-electron chi connectivity index (χ3n) is 1.10. The van der Waals surface area contributed by atoms with Crippen LogP contribution < -0.4 is 0 Å². The molecule has 0 aromatic rings. The van der Waals surface area contributed by atoms with E-state index in [0.717, 1.165) is 0 Å². The Balaban J connectivity index is 4.38. The minimum absolute atomic E-state index is 0.311. The molecule has 0 heterocycles. The number of rotatable bonds is 6. The van der Waals surface area contributed by atoms with E-state index >= 15 is 0 Å². The van der Waals surface area contributed by atoms with Crippen LogP contribution in [0.5, 0.6) is 0 Å². The smallest absolute Gasteiger partial charge is 0.324 e. The molecule has 0 aromatic heterocycles. The van der Waals surface area contributed by atoms with E-state index < -0.39 is 34.3 Å². The summed E-state index contributed by atoms with van der Waals surface area (Å²) < 4.78 is 21.0. The minimum atomic E-state index is -4.41. The summed E-state index contributed by atoms with van der Waals surface area (Å²) in [7, 11) is -8.83. The van der Waals surface area contributed by atoms with Gasteiger partial charge >= 0.3 is 15.2 Å². The Hall–Kier alpha value is -0.0700. The Morgan fingerprint density at radius 3 is 1.57 bits per heavy atom. The quantitative estimate of drug-likeness (QED) is 0.338. The Morgan fingerprint density at radius 2 is 1.36 bits per heavy atom. The average molecular weight is 247 g/mol. The number of carbonyl (C=O) groups excluding carboxylic acids is 1. The van der Waals surface area contributed by atoms with Gasteiger partial charge in [-0.15, -0.1) is 0 Å². The number of hydrogen-bond acceptors (Lipinski definition) is 4. The van der Waals surface area contributed by atoms with E-state index in [4.69, 9.17) is 19.6 Å². The zero-order chi connectivity index (χ0) is 11.4. The Labute approximate surface area is 79.9 Å². The van der Waals surface area contributed by atoms with E-state index in [-0.39, 0.29) is 0 Å². The molecule has 0 spiro atoms. The van der Waals surface area contributed by atoms with Crippen molar-refractivity contribution < 1.29 is 33.5 Å². The minimum Gasteiger partial charge on any atom is -0.324 e.